The summed E-state index contributed by atoms with van der Waals surface area (Å²) in [6, 6.07) is 4.75. The molecule has 110 valence electrons. The number of nitrogens with two attached hydrogens (primary N) is 1. The van der Waals surface area contributed by atoms with Crippen LogP contribution in [0.4, 0.5) is 4.39 Å². The van der Waals surface area contributed by atoms with Gasteiger partial charge in [0.15, 0.2) is 0 Å². The van der Waals surface area contributed by atoms with Crippen molar-refractivity contribution in [2.24, 2.45) is 5.73 Å². The Morgan fingerprint density at radius 1 is 1.55 bits per heavy atom. The molecule has 0 radical (unpaired) electrons. The van der Waals surface area contributed by atoms with Crippen LogP contribution in [-0.2, 0) is 10.5 Å². The van der Waals surface area contributed by atoms with Crippen LogP contribution in [0, 0.1) is 5.82 Å². The molecule has 1 aliphatic heterocycles. The maximum absolute atomic E-state index is 13.7. The van der Waals surface area contributed by atoms with Gasteiger partial charge in [-0.2, -0.15) is 11.8 Å². The van der Waals surface area contributed by atoms with E-state index in [-0.39, 0.29) is 18.3 Å². The van der Waals surface area contributed by atoms with E-state index in [0.29, 0.717) is 28.1 Å². The van der Waals surface area contributed by atoms with Crippen LogP contribution in [0.5, 0.6) is 0 Å². The highest BCUT2D eigenvalue weighted by Gasteiger charge is 2.23. The van der Waals surface area contributed by atoms with E-state index >= 15 is 0 Å². The lowest BCUT2D eigenvalue weighted by Crippen LogP contribution is -2.43. The monoisotopic (exact) mass is 316 g/mol. The number of nitrogens with zero attached hydrogens (tertiary/aromatic N) is 1. The maximum Gasteiger partial charge on any atom is 0.236 e. The van der Waals surface area contributed by atoms with Crippen LogP contribution in [0.1, 0.15) is 18.4 Å². The van der Waals surface area contributed by atoms with Gasteiger partial charge < -0.3 is 10.6 Å². The van der Waals surface area contributed by atoms with E-state index in [9.17, 15) is 9.18 Å². The molecule has 1 aliphatic rings. The summed E-state index contributed by atoms with van der Waals surface area (Å²) in [6.45, 7) is 1.54. The molecule has 1 amide bonds. The fraction of sp³-hybridized carbons (Fsp3) is 0.500. The zero-order valence-corrected chi connectivity index (χ0v) is 12.7. The molecular weight excluding hydrogens is 299 g/mol. The molecule has 1 aromatic carbocycles. The van der Waals surface area contributed by atoms with E-state index in [0.717, 1.165) is 19.4 Å². The minimum atomic E-state index is -0.268. The summed E-state index contributed by atoms with van der Waals surface area (Å²) in [6.07, 6.45) is 2.03. The summed E-state index contributed by atoms with van der Waals surface area (Å²) in [5, 5.41) is 0.753. The minimum Gasteiger partial charge on any atom is -0.340 e. The lowest BCUT2D eigenvalue weighted by atomic mass is 10.1. The summed E-state index contributed by atoms with van der Waals surface area (Å²) < 4.78 is 13.7. The molecule has 0 bridgehead atoms. The van der Waals surface area contributed by atoms with Crippen molar-refractivity contribution in [3.8, 4) is 0 Å². The van der Waals surface area contributed by atoms with Crippen molar-refractivity contribution in [1.29, 1.82) is 0 Å². The van der Waals surface area contributed by atoms with E-state index in [1.807, 2.05) is 0 Å². The third kappa shape index (κ3) is 4.11. The topological polar surface area (TPSA) is 46.3 Å². The maximum atomic E-state index is 13.7. The van der Waals surface area contributed by atoms with E-state index < -0.39 is 0 Å². The highest BCUT2D eigenvalue weighted by atomic mass is 35.5. The first-order valence-electron chi connectivity index (χ1n) is 6.63. The first kappa shape index (κ1) is 15.6. The minimum absolute atomic E-state index is 0.00651. The quantitative estimate of drug-likeness (QED) is 0.929. The fourth-order valence-electron chi connectivity index (χ4n) is 2.28. The predicted octanol–water partition coefficient (Wildman–Crippen LogP) is 2.66. The largest absolute Gasteiger partial charge is 0.340 e. The number of hydrogen-bond acceptors (Lipinski definition) is 3. The molecule has 1 atom stereocenters. The number of likely N-dealkylation sites (tertiary alicyclic amines) is 1. The molecule has 6 heteroatoms. The van der Waals surface area contributed by atoms with Gasteiger partial charge in [-0.15, -0.1) is 0 Å². The number of amides is 1. The lowest BCUT2D eigenvalue weighted by Gasteiger charge is -2.32. The molecule has 1 saturated heterocycles. The number of rotatable bonds is 4. The summed E-state index contributed by atoms with van der Waals surface area (Å²) >= 11 is 7.42. The SMILES string of the molecule is NCC(=O)N1CCCC(SCc2ccc(Cl)cc2F)C1. The van der Waals surface area contributed by atoms with Crippen LogP contribution in [-0.4, -0.2) is 35.7 Å². The molecule has 0 spiro atoms. The Balaban J connectivity index is 1.88. The van der Waals surface area contributed by atoms with Crippen molar-refractivity contribution in [2.45, 2.75) is 23.8 Å². The van der Waals surface area contributed by atoms with E-state index in [1.54, 1.807) is 28.8 Å². The van der Waals surface area contributed by atoms with Crippen molar-refractivity contribution in [2.75, 3.05) is 19.6 Å². The number of carbonyl (C=O) groups excluding carboxylic acids is 1. The van der Waals surface area contributed by atoms with Crippen molar-refractivity contribution >= 4 is 29.3 Å². The Kier molecular flexibility index (Phi) is 5.69. The summed E-state index contributed by atoms with van der Waals surface area (Å²) in [7, 11) is 0. The van der Waals surface area contributed by atoms with Gasteiger partial charge in [0.05, 0.1) is 6.54 Å². The van der Waals surface area contributed by atoms with Crippen molar-refractivity contribution in [3.63, 3.8) is 0 Å². The van der Waals surface area contributed by atoms with Crippen LogP contribution in [0.3, 0.4) is 0 Å². The molecule has 1 unspecified atom stereocenters. The van der Waals surface area contributed by atoms with Crippen LogP contribution in [0.15, 0.2) is 18.2 Å². The van der Waals surface area contributed by atoms with Crippen LogP contribution in [0.2, 0.25) is 5.02 Å². The summed E-state index contributed by atoms with van der Waals surface area (Å²) in [5.74, 6) is 0.321. The third-order valence-corrected chi connectivity index (χ3v) is 4.96. The second kappa shape index (κ2) is 7.29. The lowest BCUT2D eigenvalue weighted by molar-refractivity contribution is -0.130. The first-order valence-corrected chi connectivity index (χ1v) is 8.06. The van der Waals surface area contributed by atoms with Crippen LogP contribution in [0.25, 0.3) is 0 Å². The molecule has 0 aliphatic carbocycles. The summed E-state index contributed by atoms with van der Waals surface area (Å²) in [4.78, 5) is 13.4. The molecule has 1 aromatic rings. The number of halogens is 2. The molecular formula is C14H18ClFN2OS. The number of hydrogen-bond donors (Lipinski definition) is 1. The second-order valence-corrected chi connectivity index (χ2v) is 6.58. The Bertz CT molecular complexity index is 486. The molecule has 2 rings (SSSR count). The van der Waals surface area contributed by atoms with Gasteiger partial charge in [0, 0.05) is 29.1 Å². The third-order valence-electron chi connectivity index (χ3n) is 3.40. The van der Waals surface area contributed by atoms with Gasteiger partial charge >= 0.3 is 0 Å². The Morgan fingerprint density at radius 2 is 2.35 bits per heavy atom. The van der Waals surface area contributed by atoms with E-state index in [2.05, 4.69) is 0 Å². The predicted molar refractivity (Wildman–Crippen MR) is 81.4 cm³/mol. The zero-order valence-electron chi connectivity index (χ0n) is 11.1. The Labute approximate surface area is 127 Å². The van der Waals surface area contributed by atoms with Gasteiger partial charge in [0.25, 0.3) is 0 Å². The van der Waals surface area contributed by atoms with Gasteiger partial charge in [0.2, 0.25) is 5.91 Å². The van der Waals surface area contributed by atoms with E-state index in [1.165, 1.54) is 6.07 Å². The standard InChI is InChI=1S/C14H18ClFN2OS/c15-11-4-3-10(13(16)6-11)9-20-12-2-1-5-18(8-12)14(19)7-17/h3-4,6,12H,1-2,5,7-9,17H2. The molecule has 20 heavy (non-hydrogen) atoms. The molecule has 2 N–H and O–H groups in total. The summed E-state index contributed by atoms with van der Waals surface area (Å²) in [5.41, 5.74) is 6.04. The average molecular weight is 317 g/mol. The molecule has 1 heterocycles. The highest BCUT2D eigenvalue weighted by molar-refractivity contribution is 7.99. The van der Waals surface area contributed by atoms with Gasteiger partial charge in [-0.05, 0) is 30.5 Å². The first-order chi connectivity index (χ1) is 9.60. The number of carbonyl (C=O) groups is 1. The molecule has 1 fully saturated rings. The second-order valence-electron chi connectivity index (χ2n) is 4.85. The van der Waals surface area contributed by atoms with Crippen molar-refractivity contribution in [3.05, 3.63) is 34.6 Å². The number of benzene rings is 1. The van der Waals surface area contributed by atoms with Crippen LogP contribution < -0.4 is 5.73 Å². The molecule has 0 aromatic heterocycles. The highest BCUT2D eigenvalue weighted by Crippen LogP contribution is 2.27. The Morgan fingerprint density at radius 3 is 3.05 bits per heavy atom. The number of piperidine rings is 1. The zero-order chi connectivity index (χ0) is 14.5. The normalized spacial score (nSPS) is 19.1. The van der Waals surface area contributed by atoms with Gasteiger partial charge in [0.1, 0.15) is 5.82 Å². The van der Waals surface area contributed by atoms with Gasteiger partial charge in [-0.1, -0.05) is 17.7 Å². The smallest absolute Gasteiger partial charge is 0.236 e. The van der Waals surface area contributed by atoms with Gasteiger partial charge in [-0.3, -0.25) is 4.79 Å². The molecule has 0 saturated carbocycles. The molecule has 3 nitrogen and oxygen atoms in total. The van der Waals surface area contributed by atoms with Crippen molar-refractivity contribution < 1.29 is 9.18 Å². The Hall–Kier alpha value is -0.780. The van der Waals surface area contributed by atoms with E-state index in [4.69, 9.17) is 17.3 Å². The van der Waals surface area contributed by atoms with Gasteiger partial charge in [-0.25, -0.2) is 4.39 Å². The number of thioether (sulfide) groups is 1. The fourth-order valence-corrected chi connectivity index (χ4v) is 3.70. The average Bonchev–Trinajstić information content (AvgIpc) is 2.46. The van der Waals surface area contributed by atoms with Crippen LogP contribution >= 0.6 is 23.4 Å². The van der Waals surface area contributed by atoms with Crippen molar-refractivity contribution in [1.82, 2.24) is 4.90 Å².